The van der Waals surface area contributed by atoms with Gasteiger partial charge in [0.2, 0.25) is 0 Å². The Hall–Kier alpha value is -3.35. The summed E-state index contributed by atoms with van der Waals surface area (Å²) >= 11 is 0. The maximum absolute atomic E-state index is 6.27. The first-order chi connectivity index (χ1) is 20.7. The molecule has 4 saturated carbocycles. The molecule has 6 heteroatoms. The third-order valence-electron chi connectivity index (χ3n) is 11.2. The van der Waals surface area contributed by atoms with Crippen LogP contribution in [0.2, 0.25) is 0 Å². The Balaban J connectivity index is 1.12. The molecule has 1 aromatic heterocycles. The average Bonchev–Trinajstić information content (AvgIpc) is 3.23. The van der Waals surface area contributed by atoms with Gasteiger partial charge < -0.3 is 9.31 Å². The molecule has 43 heavy (non-hydrogen) atoms. The quantitative estimate of drug-likeness (QED) is 0.231. The zero-order chi connectivity index (χ0) is 29.4. The first-order valence-electron chi connectivity index (χ1n) is 16.0. The van der Waals surface area contributed by atoms with Crippen molar-refractivity contribution in [1.29, 1.82) is 0 Å². The molecule has 0 amide bonds. The van der Waals surface area contributed by atoms with Crippen LogP contribution in [-0.4, -0.2) is 33.3 Å². The molecule has 0 spiro atoms. The van der Waals surface area contributed by atoms with Crippen molar-refractivity contribution in [3.05, 3.63) is 84.4 Å². The standard InChI is InChI=1S/C37H40BN3O2/c1-35(2)36(3,4)43-38(42-35)31-16-12-29(13-17-31)34-40-32(27-8-6-5-7-9-27)39-33(41-34)28-10-14-30(15-11-28)37-21-24-18-25(22-37)20-26(19-24)23-37/h5-17,24-26H,18-23H2,1-4H3. The lowest BCUT2D eigenvalue weighted by Crippen LogP contribution is -2.48. The third-order valence-corrected chi connectivity index (χ3v) is 11.2. The Labute approximate surface area is 255 Å². The normalized spacial score (nSPS) is 28.4. The topological polar surface area (TPSA) is 57.1 Å². The zero-order valence-corrected chi connectivity index (χ0v) is 25.7. The second kappa shape index (κ2) is 9.83. The summed E-state index contributed by atoms with van der Waals surface area (Å²) < 4.78 is 12.5. The molecule has 9 rings (SSSR count). The van der Waals surface area contributed by atoms with Gasteiger partial charge in [-0.15, -0.1) is 0 Å². The molecule has 218 valence electrons. The van der Waals surface area contributed by atoms with Crippen LogP contribution in [0.1, 0.15) is 71.8 Å². The van der Waals surface area contributed by atoms with E-state index in [1.807, 2.05) is 18.2 Å². The van der Waals surface area contributed by atoms with Gasteiger partial charge in [-0.2, -0.15) is 0 Å². The van der Waals surface area contributed by atoms with Crippen molar-refractivity contribution < 1.29 is 9.31 Å². The van der Waals surface area contributed by atoms with E-state index in [4.69, 9.17) is 24.3 Å². The first kappa shape index (κ1) is 27.2. The molecule has 1 saturated heterocycles. The summed E-state index contributed by atoms with van der Waals surface area (Å²) in [4.78, 5) is 14.9. The van der Waals surface area contributed by atoms with Crippen molar-refractivity contribution in [3.8, 4) is 34.2 Å². The van der Waals surface area contributed by atoms with Gasteiger partial charge in [0.05, 0.1) is 11.2 Å². The van der Waals surface area contributed by atoms with Crippen LogP contribution in [0.5, 0.6) is 0 Å². The van der Waals surface area contributed by atoms with Crippen molar-refractivity contribution >= 4 is 12.6 Å². The molecule has 2 heterocycles. The number of hydrogen-bond acceptors (Lipinski definition) is 5. The predicted octanol–water partition coefficient (Wildman–Crippen LogP) is 7.64. The Morgan fingerprint density at radius 3 is 1.44 bits per heavy atom. The molecule has 1 aliphatic heterocycles. The Kier molecular flexibility index (Phi) is 6.23. The predicted molar refractivity (Wildman–Crippen MR) is 172 cm³/mol. The van der Waals surface area contributed by atoms with Crippen LogP contribution in [0.15, 0.2) is 78.9 Å². The van der Waals surface area contributed by atoms with Gasteiger partial charge in [0.25, 0.3) is 0 Å². The van der Waals surface area contributed by atoms with Crippen LogP contribution in [0, 0.1) is 17.8 Å². The summed E-state index contributed by atoms with van der Waals surface area (Å²) in [6, 6.07) is 27.6. The molecule has 3 aromatic carbocycles. The highest BCUT2D eigenvalue weighted by Crippen LogP contribution is 2.60. The van der Waals surface area contributed by atoms with Gasteiger partial charge in [0, 0.05) is 16.7 Å². The van der Waals surface area contributed by atoms with E-state index in [2.05, 4.69) is 88.4 Å². The highest BCUT2D eigenvalue weighted by Gasteiger charge is 2.52. The maximum Gasteiger partial charge on any atom is 0.494 e. The summed E-state index contributed by atoms with van der Waals surface area (Å²) in [6.07, 6.45) is 8.50. The summed E-state index contributed by atoms with van der Waals surface area (Å²) in [7, 11) is -0.402. The monoisotopic (exact) mass is 569 g/mol. The molecular weight excluding hydrogens is 529 g/mol. The Morgan fingerprint density at radius 1 is 0.558 bits per heavy atom. The molecule has 4 bridgehead atoms. The van der Waals surface area contributed by atoms with E-state index in [1.165, 1.54) is 44.1 Å². The molecular formula is C37H40BN3O2. The van der Waals surface area contributed by atoms with Gasteiger partial charge in [0.1, 0.15) is 0 Å². The van der Waals surface area contributed by atoms with Crippen LogP contribution in [0.4, 0.5) is 0 Å². The summed E-state index contributed by atoms with van der Waals surface area (Å²) in [5.41, 5.74) is 5.07. The number of hydrogen-bond donors (Lipinski definition) is 0. The molecule has 5 fully saturated rings. The molecule has 0 atom stereocenters. The molecule has 4 aliphatic carbocycles. The van der Waals surface area contributed by atoms with E-state index in [1.54, 1.807) is 0 Å². The lowest BCUT2D eigenvalue weighted by Gasteiger charge is -2.57. The lowest BCUT2D eigenvalue weighted by atomic mass is 9.48. The van der Waals surface area contributed by atoms with E-state index in [-0.39, 0.29) is 11.2 Å². The maximum atomic E-state index is 6.27. The summed E-state index contributed by atoms with van der Waals surface area (Å²) in [5.74, 6) is 4.84. The molecule has 0 unspecified atom stereocenters. The van der Waals surface area contributed by atoms with E-state index in [0.717, 1.165) is 39.9 Å². The van der Waals surface area contributed by atoms with Gasteiger partial charge in [0.15, 0.2) is 17.5 Å². The zero-order valence-electron chi connectivity index (χ0n) is 25.7. The van der Waals surface area contributed by atoms with E-state index >= 15 is 0 Å². The van der Waals surface area contributed by atoms with Crippen LogP contribution in [0.25, 0.3) is 34.2 Å². The highest BCUT2D eigenvalue weighted by molar-refractivity contribution is 6.62. The van der Waals surface area contributed by atoms with Gasteiger partial charge >= 0.3 is 7.12 Å². The van der Waals surface area contributed by atoms with Gasteiger partial charge in [-0.25, -0.2) is 15.0 Å². The van der Waals surface area contributed by atoms with E-state index in [9.17, 15) is 0 Å². The van der Waals surface area contributed by atoms with Crippen LogP contribution in [-0.2, 0) is 14.7 Å². The van der Waals surface area contributed by atoms with E-state index < -0.39 is 7.12 Å². The SMILES string of the molecule is CC1(C)OB(c2ccc(-c3nc(-c4ccccc4)nc(-c4ccc(C56CC7CC(CC(C7)C5)C6)cc4)n3)cc2)OC1(C)C. The molecule has 4 aromatic rings. The van der Waals surface area contributed by atoms with E-state index in [0.29, 0.717) is 22.9 Å². The van der Waals surface area contributed by atoms with Crippen molar-refractivity contribution in [1.82, 2.24) is 15.0 Å². The van der Waals surface area contributed by atoms with Gasteiger partial charge in [-0.05, 0) is 100 Å². The first-order valence-corrected chi connectivity index (χ1v) is 16.0. The van der Waals surface area contributed by atoms with Crippen molar-refractivity contribution in [2.45, 2.75) is 82.8 Å². The fourth-order valence-electron chi connectivity index (χ4n) is 8.56. The number of rotatable bonds is 5. The van der Waals surface area contributed by atoms with Crippen molar-refractivity contribution in [2.24, 2.45) is 17.8 Å². The fourth-order valence-corrected chi connectivity index (χ4v) is 8.56. The Morgan fingerprint density at radius 2 is 0.977 bits per heavy atom. The summed E-state index contributed by atoms with van der Waals surface area (Å²) in [6.45, 7) is 8.31. The molecule has 5 aliphatic rings. The van der Waals surface area contributed by atoms with Gasteiger partial charge in [-0.3, -0.25) is 0 Å². The van der Waals surface area contributed by atoms with Crippen molar-refractivity contribution in [2.75, 3.05) is 0 Å². The second-order valence-electron chi connectivity index (χ2n) is 14.7. The second-order valence-corrected chi connectivity index (χ2v) is 14.7. The smallest absolute Gasteiger partial charge is 0.399 e. The van der Waals surface area contributed by atoms with Crippen molar-refractivity contribution in [3.63, 3.8) is 0 Å². The fraction of sp³-hybridized carbons (Fsp3) is 0.432. The largest absolute Gasteiger partial charge is 0.494 e. The average molecular weight is 570 g/mol. The minimum Gasteiger partial charge on any atom is -0.399 e. The van der Waals surface area contributed by atoms with Crippen LogP contribution < -0.4 is 5.46 Å². The number of aromatic nitrogens is 3. The lowest BCUT2D eigenvalue weighted by molar-refractivity contribution is -0.00518. The van der Waals surface area contributed by atoms with Crippen LogP contribution >= 0.6 is 0 Å². The molecule has 0 radical (unpaired) electrons. The Bertz CT molecular complexity index is 1600. The minimum absolute atomic E-state index is 0.380. The van der Waals surface area contributed by atoms with Crippen LogP contribution in [0.3, 0.4) is 0 Å². The molecule has 0 N–H and O–H groups in total. The summed E-state index contributed by atoms with van der Waals surface area (Å²) in [5, 5.41) is 0. The molecule has 5 nitrogen and oxygen atoms in total. The van der Waals surface area contributed by atoms with Gasteiger partial charge in [-0.1, -0.05) is 78.9 Å². The minimum atomic E-state index is -0.402. The number of benzene rings is 3. The number of nitrogens with zero attached hydrogens (tertiary/aromatic N) is 3. The highest BCUT2D eigenvalue weighted by atomic mass is 16.7. The third kappa shape index (κ3) is 4.74.